The summed E-state index contributed by atoms with van der Waals surface area (Å²) in [6.45, 7) is 5.23. The van der Waals surface area contributed by atoms with Crippen molar-refractivity contribution < 1.29 is 4.52 Å². The molecule has 0 atom stereocenters. The molecule has 15 heavy (non-hydrogen) atoms. The second kappa shape index (κ2) is 4.12. The molecule has 0 saturated carbocycles. The SMILES string of the molecule is CCn1ccnc1NCc1nc(C)no1. The molecule has 0 spiro atoms. The van der Waals surface area contributed by atoms with Crippen LogP contribution in [0.5, 0.6) is 0 Å². The van der Waals surface area contributed by atoms with E-state index in [0.717, 1.165) is 12.5 Å². The summed E-state index contributed by atoms with van der Waals surface area (Å²) in [5.41, 5.74) is 0. The number of hydrogen-bond acceptors (Lipinski definition) is 5. The molecule has 2 aromatic heterocycles. The minimum absolute atomic E-state index is 0.498. The van der Waals surface area contributed by atoms with Crippen LogP contribution in [0.25, 0.3) is 0 Å². The standard InChI is InChI=1S/C9H13N5O/c1-3-14-5-4-10-9(14)11-6-8-12-7(2)13-15-8/h4-5H,3,6H2,1-2H3,(H,10,11). The van der Waals surface area contributed by atoms with Gasteiger partial charge in [-0.3, -0.25) is 0 Å². The highest BCUT2D eigenvalue weighted by molar-refractivity contribution is 5.25. The Morgan fingerprint density at radius 3 is 3.07 bits per heavy atom. The molecule has 80 valence electrons. The van der Waals surface area contributed by atoms with Crippen molar-refractivity contribution in [2.75, 3.05) is 5.32 Å². The van der Waals surface area contributed by atoms with Crippen molar-refractivity contribution >= 4 is 5.95 Å². The van der Waals surface area contributed by atoms with Crippen LogP contribution in [-0.2, 0) is 13.1 Å². The maximum Gasteiger partial charge on any atom is 0.246 e. The number of nitrogens with one attached hydrogen (secondary N) is 1. The fraction of sp³-hybridized carbons (Fsp3) is 0.444. The average molecular weight is 207 g/mol. The number of nitrogens with zero attached hydrogens (tertiary/aromatic N) is 4. The van der Waals surface area contributed by atoms with E-state index < -0.39 is 0 Å². The van der Waals surface area contributed by atoms with E-state index in [-0.39, 0.29) is 0 Å². The van der Waals surface area contributed by atoms with E-state index in [1.807, 2.05) is 10.8 Å². The molecule has 0 aliphatic carbocycles. The zero-order chi connectivity index (χ0) is 10.7. The molecule has 0 aromatic carbocycles. The van der Waals surface area contributed by atoms with Gasteiger partial charge in [-0.25, -0.2) is 4.98 Å². The topological polar surface area (TPSA) is 68.8 Å². The summed E-state index contributed by atoms with van der Waals surface area (Å²) in [4.78, 5) is 8.26. The van der Waals surface area contributed by atoms with Crippen LogP contribution in [0.15, 0.2) is 16.9 Å². The van der Waals surface area contributed by atoms with Crippen molar-refractivity contribution in [3.8, 4) is 0 Å². The largest absolute Gasteiger partial charge is 0.347 e. The fourth-order valence-corrected chi connectivity index (χ4v) is 1.30. The maximum atomic E-state index is 4.98. The highest BCUT2D eigenvalue weighted by atomic mass is 16.5. The summed E-state index contributed by atoms with van der Waals surface area (Å²) < 4.78 is 6.98. The van der Waals surface area contributed by atoms with E-state index in [2.05, 4.69) is 27.4 Å². The zero-order valence-corrected chi connectivity index (χ0v) is 8.77. The van der Waals surface area contributed by atoms with Gasteiger partial charge in [0.05, 0.1) is 6.54 Å². The van der Waals surface area contributed by atoms with Gasteiger partial charge in [0, 0.05) is 18.9 Å². The van der Waals surface area contributed by atoms with Crippen molar-refractivity contribution in [1.82, 2.24) is 19.7 Å². The van der Waals surface area contributed by atoms with Gasteiger partial charge in [-0.1, -0.05) is 5.16 Å². The van der Waals surface area contributed by atoms with Crippen molar-refractivity contribution in [1.29, 1.82) is 0 Å². The normalized spacial score (nSPS) is 10.5. The van der Waals surface area contributed by atoms with Crippen LogP contribution in [0.4, 0.5) is 5.95 Å². The minimum Gasteiger partial charge on any atom is -0.347 e. The molecular formula is C9H13N5O. The van der Waals surface area contributed by atoms with Crippen molar-refractivity contribution in [2.24, 2.45) is 0 Å². The third-order valence-electron chi connectivity index (χ3n) is 2.02. The molecule has 0 aliphatic rings. The van der Waals surface area contributed by atoms with Crippen molar-refractivity contribution in [3.63, 3.8) is 0 Å². The molecule has 0 fully saturated rings. The van der Waals surface area contributed by atoms with Gasteiger partial charge in [0.1, 0.15) is 0 Å². The van der Waals surface area contributed by atoms with Crippen LogP contribution in [0.1, 0.15) is 18.6 Å². The van der Waals surface area contributed by atoms with Gasteiger partial charge in [-0.2, -0.15) is 4.98 Å². The van der Waals surface area contributed by atoms with Crippen LogP contribution in [0.2, 0.25) is 0 Å². The molecule has 0 saturated heterocycles. The Morgan fingerprint density at radius 2 is 2.40 bits per heavy atom. The number of hydrogen-bond donors (Lipinski definition) is 1. The zero-order valence-electron chi connectivity index (χ0n) is 8.77. The van der Waals surface area contributed by atoms with Gasteiger partial charge in [0.25, 0.3) is 0 Å². The highest BCUT2D eigenvalue weighted by Gasteiger charge is 2.04. The first-order valence-electron chi connectivity index (χ1n) is 4.83. The molecule has 0 aliphatic heterocycles. The summed E-state index contributed by atoms with van der Waals surface area (Å²) in [7, 11) is 0. The molecule has 0 bridgehead atoms. The molecule has 2 rings (SSSR count). The Balaban J connectivity index is 1.98. The summed E-state index contributed by atoms with van der Waals surface area (Å²) >= 11 is 0. The molecular weight excluding hydrogens is 194 g/mol. The quantitative estimate of drug-likeness (QED) is 0.816. The van der Waals surface area contributed by atoms with Gasteiger partial charge in [-0.05, 0) is 13.8 Å². The molecule has 6 nitrogen and oxygen atoms in total. The fourth-order valence-electron chi connectivity index (χ4n) is 1.30. The van der Waals surface area contributed by atoms with Crippen LogP contribution < -0.4 is 5.32 Å². The number of imidazole rings is 1. The first kappa shape index (κ1) is 9.70. The van der Waals surface area contributed by atoms with Gasteiger partial charge in [0.2, 0.25) is 11.8 Å². The average Bonchev–Trinajstić information content (AvgIpc) is 2.83. The minimum atomic E-state index is 0.498. The van der Waals surface area contributed by atoms with E-state index in [4.69, 9.17) is 4.52 Å². The second-order valence-corrected chi connectivity index (χ2v) is 3.13. The van der Waals surface area contributed by atoms with Crippen molar-refractivity contribution in [2.45, 2.75) is 26.9 Å². The molecule has 2 heterocycles. The van der Waals surface area contributed by atoms with E-state index in [1.54, 1.807) is 13.1 Å². The van der Waals surface area contributed by atoms with E-state index >= 15 is 0 Å². The summed E-state index contributed by atoms with van der Waals surface area (Å²) in [5, 5.41) is 6.84. The molecule has 1 N–H and O–H groups in total. The number of aryl methyl sites for hydroxylation is 2. The molecule has 0 radical (unpaired) electrons. The summed E-state index contributed by atoms with van der Waals surface area (Å²) in [6.07, 6.45) is 3.67. The lowest BCUT2D eigenvalue weighted by Gasteiger charge is -2.04. The van der Waals surface area contributed by atoms with Crippen molar-refractivity contribution in [3.05, 3.63) is 24.1 Å². The van der Waals surface area contributed by atoms with Gasteiger partial charge in [0.15, 0.2) is 5.82 Å². The summed E-state index contributed by atoms with van der Waals surface area (Å²) in [6, 6.07) is 0. The van der Waals surface area contributed by atoms with E-state index in [9.17, 15) is 0 Å². The highest BCUT2D eigenvalue weighted by Crippen LogP contribution is 2.05. The Kier molecular flexibility index (Phi) is 2.66. The third kappa shape index (κ3) is 2.15. The smallest absolute Gasteiger partial charge is 0.246 e. The Bertz CT molecular complexity index is 433. The Labute approximate surface area is 87.3 Å². The van der Waals surface area contributed by atoms with Crippen LogP contribution in [-0.4, -0.2) is 19.7 Å². The number of anilines is 1. The monoisotopic (exact) mass is 207 g/mol. The summed E-state index contributed by atoms with van der Waals surface area (Å²) in [5.74, 6) is 2.03. The Hall–Kier alpha value is -1.85. The first-order chi connectivity index (χ1) is 7.29. The third-order valence-corrected chi connectivity index (χ3v) is 2.02. The molecule has 2 aromatic rings. The lowest BCUT2D eigenvalue weighted by molar-refractivity contribution is 0.379. The van der Waals surface area contributed by atoms with E-state index in [0.29, 0.717) is 18.3 Å². The number of rotatable bonds is 4. The lowest BCUT2D eigenvalue weighted by atomic mass is 10.6. The van der Waals surface area contributed by atoms with Gasteiger partial charge in [-0.15, -0.1) is 0 Å². The maximum absolute atomic E-state index is 4.98. The molecule has 0 amide bonds. The van der Waals surface area contributed by atoms with Crippen LogP contribution >= 0.6 is 0 Å². The predicted octanol–water partition coefficient (Wildman–Crippen LogP) is 1.21. The van der Waals surface area contributed by atoms with Gasteiger partial charge >= 0.3 is 0 Å². The van der Waals surface area contributed by atoms with Crippen LogP contribution in [0.3, 0.4) is 0 Å². The predicted molar refractivity (Wildman–Crippen MR) is 54.3 cm³/mol. The lowest BCUT2D eigenvalue weighted by Crippen LogP contribution is -2.06. The van der Waals surface area contributed by atoms with E-state index in [1.165, 1.54) is 0 Å². The van der Waals surface area contributed by atoms with Crippen LogP contribution in [0, 0.1) is 6.92 Å². The first-order valence-corrected chi connectivity index (χ1v) is 4.83. The second-order valence-electron chi connectivity index (χ2n) is 3.13. The number of aromatic nitrogens is 4. The van der Waals surface area contributed by atoms with Gasteiger partial charge < -0.3 is 14.4 Å². The molecule has 0 unspecified atom stereocenters. The Morgan fingerprint density at radius 1 is 1.53 bits per heavy atom. The molecule has 6 heteroatoms.